The van der Waals surface area contributed by atoms with Crippen molar-refractivity contribution in [2.24, 2.45) is 5.92 Å². The molecule has 1 N–H and O–H groups in total. The predicted octanol–water partition coefficient (Wildman–Crippen LogP) is 1.46. The van der Waals surface area contributed by atoms with Crippen molar-refractivity contribution >= 4 is 0 Å². The standard InChI is InChI=1S/C14H28N2O2/c1-11(2)10-16(4)13-9-14(17-7-8-18-14)6-5-12(13)15-3/h11-13,15H,5-10H2,1-4H3. The van der Waals surface area contributed by atoms with E-state index in [1.54, 1.807) is 0 Å². The Kier molecular flexibility index (Phi) is 4.64. The smallest absolute Gasteiger partial charge is 0.170 e. The van der Waals surface area contributed by atoms with Gasteiger partial charge in [0.15, 0.2) is 5.79 Å². The number of nitrogens with zero attached hydrogens (tertiary/aromatic N) is 1. The average molecular weight is 256 g/mol. The Labute approximate surface area is 111 Å². The van der Waals surface area contributed by atoms with Crippen molar-refractivity contribution in [1.82, 2.24) is 10.2 Å². The van der Waals surface area contributed by atoms with E-state index < -0.39 is 0 Å². The fraction of sp³-hybridized carbons (Fsp3) is 1.00. The maximum atomic E-state index is 5.88. The van der Waals surface area contributed by atoms with Crippen LogP contribution in [-0.4, -0.2) is 56.6 Å². The van der Waals surface area contributed by atoms with Crippen molar-refractivity contribution < 1.29 is 9.47 Å². The first kappa shape index (κ1) is 14.3. The molecule has 0 radical (unpaired) electrons. The van der Waals surface area contributed by atoms with Crippen LogP contribution in [0.1, 0.15) is 33.1 Å². The van der Waals surface area contributed by atoms with Gasteiger partial charge in [0.25, 0.3) is 0 Å². The summed E-state index contributed by atoms with van der Waals surface area (Å²) >= 11 is 0. The van der Waals surface area contributed by atoms with E-state index in [9.17, 15) is 0 Å². The zero-order chi connectivity index (χ0) is 13.2. The van der Waals surface area contributed by atoms with Crippen molar-refractivity contribution in [2.75, 3.05) is 33.9 Å². The van der Waals surface area contributed by atoms with E-state index in [0.29, 0.717) is 18.0 Å². The lowest BCUT2D eigenvalue weighted by Gasteiger charge is -2.45. The van der Waals surface area contributed by atoms with Crippen LogP contribution >= 0.6 is 0 Å². The van der Waals surface area contributed by atoms with E-state index in [0.717, 1.165) is 39.0 Å². The molecule has 0 amide bonds. The number of hydrogen-bond donors (Lipinski definition) is 1. The Bertz CT molecular complexity index is 265. The quantitative estimate of drug-likeness (QED) is 0.825. The van der Waals surface area contributed by atoms with Gasteiger partial charge in [-0.1, -0.05) is 13.8 Å². The molecule has 1 aliphatic heterocycles. The molecule has 2 atom stereocenters. The number of nitrogens with one attached hydrogen (secondary N) is 1. The SMILES string of the molecule is CNC1CCC2(CC1N(C)CC(C)C)OCCO2. The van der Waals surface area contributed by atoms with Crippen LogP contribution in [0.15, 0.2) is 0 Å². The molecule has 18 heavy (non-hydrogen) atoms. The third-order valence-electron chi connectivity index (χ3n) is 4.22. The van der Waals surface area contributed by atoms with Gasteiger partial charge in [-0.2, -0.15) is 0 Å². The van der Waals surface area contributed by atoms with Gasteiger partial charge < -0.3 is 19.7 Å². The molecule has 1 saturated heterocycles. The topological polar surface area (TPSA) is 33.7 Å². The van der Waals surface area contributed by atoms with Crippen molar-refractivity contribution in [3.05, 3.63) is 0 Å². The van der Waals surface area contributed by atoms with Gasteiger partial charge in [0.2, 0.25) is 0 Å². The summed E-state index contributed by atoms with van der Waals surface area (Å²) in [5.74, 6) is 0.402. The van der Waals surface area contributed by atoms with Crippen molar-refractivity contribution in [1.29, 1.82) is 0 Å². The Balaban J connectivity index is 2.02. The minimum absolute atomic E-state index is 0.288. The van der Waals surface area contributed by atoms with E-state index >= 15 is 0 Å². The highest BCUT2D eigenvalue weighted by Gasteiger charge is 2.45. The second-order valence-corrected chi connectivity index (χ2v) is 6.15. The molecule has 2 rings (SSSR count). The monoisotopic (exact) mass is 256 g/mol. The Morgan fingerprint density at radius 1 is 1.33 bits per heavy atom. The van der Waals surface area contributed by atoms with Crippen LogP contribution in [-0.2, 0) is 9.47 Å². The summed E-state index contributed by atoms with van der Waals surface area (Å²) in [4.78, 5) is 2.47. The number of ether oxygens (including phenoxy) is 2. The van der Waals surface area contributed by atoms with Crippen molar-refractivity contribution in [3.8, 4) is 0 Å². The molecule has 2 fully saturated rings. The fourth-order valence-electron chi connectivity index (χ4n) is 3.40. The van der Waals surface area contributed by atoms with Gasteiger partial charge in [-0.05, 0) is 26.4 Å². The molecule has 0 aromatic carbocycles. The highest BCUT2D eigenvalue weighted by atomic mass is 16.7. The maximum Gasteiger partial charge on any atom is 0.170 e. The molecule has 0 aromatic rings. The molecule has 4 heteroatoms. The third kappa shape index (κ3) is 3.05. The summed E-state index contributed by atoms with van der Waals surface area (Å²) in [7, 11) is 4.29. The van der Waals surface area contributed by atoms with Crippen LogP contribution in [0.25, 0.3) is 0 Å². The summed E-state index contributed by atoms with van der Waals surface area (Å²) < 4.78 is 11.8. The Morgan fingerprint density at radius 3 is 2.56 bits per heavy atom. The van der Waals surface area contributed by atoms with Crippen molar-refractivity contribution in [2.45, 2.75) is 51.0 Å². The Hall–Kier alpha value is -0.160. The zero-order valence-corrected chi connectivity index (χ0v) is 12.2. The lowest BCUT2D eigenvalue weighted by molar-refractivity contribution is -0.192. The van der Waals surface area contributed by atoms with E-state index in [4.69, 9.17) is 9.47 Å². The second-order valence-electron chi connectivity index (χ2n) is 6.15. The number of likely N-dealkylation sites (N-methyl/N-ethyl adjacent to an activating group) is 2. The highest BCUT2D eigenvalue weighted by Crippen LogP contribution is 2.37. The molecule has 1 heterocycles. The van der Waals surface area contributed by atoms with Gasteiger partial charge in [-0.15, -0.1) is 0 Å². The molecular weight excluding hydrogens is 228 g/mol. The normalized spacial score (nSPS) is 31.7. The molecule has 2 aliphatic rings. The second kappa shape index (κ2) is 5.87. The summed E-state index contributed by atoms with van der Waals surface area (Å²) in [6.07, 6.45) is 3.13. The third-order valence-corrected chi connectivity index (χ3v) is 4.22. The summed E-state index contributed by atoms with van der Waals surface area (Å²) in [5, 5.41) is 3.46. The minimum atomic E-state index is -0.288. The van der Waals surface area contributed by atoms with Crippen LogP contribution in [0, 0.1) is 5.92 Å². The van der Waals surface area contributed by atoms with Crippen LogP contribution in [0.2, 0.25) is 0 Å². The molecule has 0 bridgehead atoms. The highest BCUT2D eigenvalue weighted by molar-refractivity contribution is 4.95. The fourth-order valence-corrected chi connectivity index (χ4v) is 3.40. The molecule has 4 nitrogen and oxygen atoms in total. The van der Waals surface area contributed by atoms with Crippen LogP contribution in [0.4, 0.5) is 0 Å². The van der Waals surface area contributed by atoms with Gasteiger partial charge in [0.05, 0.1) is 13.2 Å². The van der Waals surface area contributed by atoms with E-state index in [-0.39, 0.29) is 5.79 Å². The van der Waals surface area contributed by atoms with Gasteiger partial charge >= 0.3 is 0 Å². The molecule has 106 valence electrons. The zero-order valence-electron chi connectivity index (χ0n) is 12.2. The number of hydrogen-bond acceptors (Lipinski definition) is 4. The first-order chi connectivity index (χ1) is 8.56. The number of rotatable bonds is 4. The van der Waals surface area contributed by atoms with Gasteiger partial charge in [-0.3, -0.25) is 0 Å². The largest absolute Gasteiger partial charge is 0.347 e. The lowest BCUT2D eigenvalue weighted by atomic mass is 9.84. The predicted molar refractivity (Wildman–Crippen MR) is 72.6 cm³/mol. The van der Waals surface area contributed by atoms with Gasteiger partial charge in [0.1, 0.15) is 0 Å². The minimum Gasteiger partial charge on any atom is -0.347 e. The maximum absolute atomic E-state index is 5.88. The first-order valence-corrected chi connectivity index (χ1v) is 7.22. The van der Waals surface area contributed by atoms with Crippen LogP contribution in [0.5, 0.6) is 0 Å². The summed E-state index contributed by atoms with van der Waals surface area (Å²) in [6.45, 7) is 7.17. The van der Waals surface area contributed by atoms with E-state index in [2.05, 4.69) is 38.2 Å². The summed E-state index contributed by atoms with van der Waals surface area (Å²) in [6, 6.07) is 1.05. The molecule has 1 spiro atoms. The molecule has 2 unspecified atom stereocenters. The first-order valence-electron chi connectivity index (χ1n) is 7.22. The van der Waals surface area contributed by atoms with E-state index in [1.165, 1.54) is 0 Å². The Morgan fingerprint density at radius 2 is 2.00 bits per heavy atom. The van der Waals surface area contributed by atoms with Gasteiger partial charge in [-0.25, -0.2) is 0 Å². The van der Waals surface area contributed by atoms with Crippen LogP contribution in [0.3, 0.4) is 0 Å². The average Bonchev–Trinajstić information content (AvgIpc) is 2.76. The summed E-state index contributed by atoms with van der Waals surface area (Å²) in [5.41, 5.74) is 0. The molecule has 1 aliphatic carbocycles. The van der Waals surface area contributed by atoms with Crippen LogP contribution < -0.4 is 5.32 Å². The molecule has 0 aromatic heterocycles. The lowest BCUT2D eigenvalue weighted by Crippen LogP contribution is -2.56. The molecule has 1 saturated carbocycles. The van der Waals surface area contributed by atoms with Gasteiger partial charge in [0, 0.05) is 31.5 Å². The molecular formula is C14H28N2O2. The van der Waals surface area contributed by atoms with Crippen molar-refractivity contribution in [3.63, 3.8) is 0 Å². The van der Waals surface area contributed by atoms with E-state index in [1.807, 2.05) is 0 Å².